The minimum absolute atomic E-state index is 0.125. The first-order valence-corrected chi connectivity index (χ1v) is 14.0. The van der Waals surface area contributed by atoms with Crippen molar-refractivity contribution in [1.82, 2.24) is 4.31 Å². The zero-order valence-corrected chi connectivity index (χ0v) is 22.1. The highest BCUT2D eigenvalue weighted by atomic mass is 32.2. The van der Waals surface area contributed by atoms with Crippen LogP contribution in [0.4, 0.5) is 5.00 Å². The Hall–Kier alpha value is -2.31. The molecule has 3 unspecified atom stereocenters. The number of quaternary nitrogens is 1. The largest absolute Gasteiger partial charge is 0.465 e. The Labute approximate surface area is 210 Å². The average Bonchev–Trinajstić information content (AvgIpc) is 3.19. The number of hydrogen-bond acceptors (Lipinski definition) is 7. The molecule has 3 heterocycles. The van der Waals surface area contributed by atoms with Crippen molar-refractivity contribution in [1.29, 1.82) is 0 Å². The zero-order chi connectivity index (χ0) is 25.3. The lowest BCUT2D eigenvalue weighted by molar-refractivity contribution is -0.913. The van der Waals surface area contributed by atoms with Gasteiger partial charge in [-0.25, -0.2) is 13.2 Å². The number of nitrogens with one attached hydrogen (secondary N) is 2. The zero-order valence-electron chi connectivity index (χ0n) is 20.4. The number of ether oxygens (including phenoxy) is 2. The average molecular weight is 523 g/mol. The van der Waals surface area contributed by atoms with Gasteiger partial charge in [0.1, 0.15) is 11.5 Å². The summed E-state index contributed by atoms with van der Waals surface area (Å²) < 4.78 is 38.2. The molecule has 1 amide bonds. The Morgan fingerprint density at radius 2 is 1.86 bits per heavy atom. The molecule has 0 saturated carbocycles. The second-order valence-electron chi connectivity index (χ2n) is 9.04. The lowest BCUT2D eigenvalue weighted by Crippen LogP contribution is -3.11. The number of carbonyl (C=O) groups is 2. The molecule has 1 fully saturated rings. The highest BCUT2D eigenvalue weighted by molar-refractivity contribution is 7.89. The molecular weight excluding hydrogens is 490 g/mol. The molecule has 0 radical (unpaired) electrons. The number of methoxy groups -OCH3 is 1. The van der Waals surface area contributed by atoms with Gasteiger partial charge in [0.05, 0.1) is 47.7 Å². The molecule has 190 valence electrons. The van der Waals surface area contributed by atoms with Gasteiger partial charge in [-0.3, -0.25) is 4.79 Å². The summed E-state index contributed by atoms with van der Waals surface area (Å²) in [5, 5.41) is 3.33. The Morgan fingerprint density at radius 1 is 1.20 bits per heavy atom. The fourth-order valence-electron chi connectivity index (χ4n) is 4.67. The number of likely N-dealkylation sites (N-methyl/N-ethyl adjacent to an activating group) is 1. The van der Waals surface area contributed by atoms with Gasteiger partial charge in [0, 0.05) is 25.1 Å². The lowest BCUT2D eigenvalue weighted by atomic mass is 10.0. The van der Waals surface area contributed by atoms with Crippen molar-refractivity contribution < 1.29 is 32.4 Å². The van der Waals surface area contributed by atoms with Gasteiger partial charge in [-0.2, -0.15) is 4.31 Å². The van der Waals surface area contributed by atoms with Gasteiger partial charge in [0.15, 0.2) is 0 Å². The summed E-state index contributed by atoms with van der Waals surface area (Å²) >= 11 is 1.41. The summed E-state index contributed by atoms with van der Waals surface area (Å²) in [6, 6.07) is 5.87. The van der Waals surface area contributed by atoms with Crippen LogP contribution in [0.1, 0.15) is 51.9 Å². The first-order chi connectivity index (χ1) is 16.6. The van der Waals surface area contributed by atoms with Crippen molar-refractivity contribution in [2.24, 2.45) is 0 Å². The maximum Gasteiger partial charge on any atom is 0.341 e. The van der Waals surface area contributed by atoms with Crippen molar-refractivity contribution in [3.8, 4) is 0 Å². The molecule has 2 aliphatic heterocycles. The van der Waals surface area contributed by atoms with Gasteiger partial charge in [0.25, 0.3) is 5.91 Å². The van der Waals surface area contributed by atoms with Crippen LogP contribution in [0.15, 0.2) is 29.2 Å². The summed E-state index contributed by atoms with van der Waals surface area (Å²) in [4.78, 5) is 28.2. The standard InChI is InChI=1S/C24H31N3O6S2/c1-5-26-11-10-19-20(14-26)34-23(21(19)24(29)32-4)25-22(28)17-6-8-18(9-7-17)35(30,31)27-12-15(2)33-16(3)13-27/h6-9,15-16H,5,10-14H2,1-4H3,(H,25,28)/p+1. The van der Waals surface area contributed by atoms with Crippen LogP contribution in [-0.2, 0) is 32.5 Å². The minimum Gasteiger partial charge on any atom is -0.465 e. The monoisotopic (exact) mass is 522 g/mol. The van der Waals surface area contributed by atoms with E-state index in [0.29, 0.717) is 16.1 Å². The molecule has 1 aromatic heterocycles. The molecule has 35 heavy (non-hydrogen) atoms. The number of carbonyl (C=O) groups excluding carboxylic acids is 2. The predicted octanol–water partition coefficient (Wildman–Crippen LogP) is 1.55. The second-order valence-corrected chi connectivity index (χ2v) is 12.1. The van der Waals surface area contributed by atoms with E-state index in [1.165, 1.54) is 51.9 Å². The number of sulfonamides is 1. The van der Waals surface area contributed by atoms with E-state index in [0.717, 1.165) is 36.5 Å². The number of fused-ring (bicyclic) bond motifs is 1. The van der Waals surface area contributed by atoms with E-state index < -0.39 is 21.9 Å². The summed E-state index contributed by atoms with van der Waals surface area (Å²) in [5.41, 5.74) is 1.67. The molecule has 2 N–H and O–H groups in total. The number of nitrogens with zero attached hydrogens (tertiary/aromatic N) is 1. The van der Waals surface area contributed by atoms with Gasteiger partial charge >= 0.3 is 5.97 Å². The highest BCUT2D eigenvalue weighted by Crippen LogP contribution is 2.35. The number of rotatable bonds is 6. The topological polar surface area (TPSA) is 106 Å². The number of hydrogen-bond donors (Lipinski definition) is 2. The first-order valence-electron chi connectivity index (χ1n) is 11.8. The molecule has 0 bridgehead atoms. The summed E-state index contributed by atoms with van der Waals surface area (Å²) in [6.07, 6.45) is 0.371. The van der Waals surface area contributed by atoms with Gasteiger partial charge < -0.3 is 19.7 Å². The van der Waals surface area contributed by atoms with E-state index in [1.807, 2.05) is 13.8 Å². The van der Waals surface area contributed by atoms with E-state index in [2.05, 4.69) is 12.2 Å². The number of anilines is 1. The smallest absolute Gasteiger partial charge is 0.341 e. The summed E-state index contributed by atoms with van der Waals surface area (Å²) in [5.74, 6) is -0.876. The molecule has 1 aromatic carbocycles. The molecule has 2 aliphatic rings. The van der Waals surface area contributed by atoms with Crippen molar-refractivity contribution in [3.63, 3.8) is 0 Å². The number of thiophene rings is 1. The third kappa shape index (κ3) is 5.29. The Bertz CT molecular complexity index is 1200. The van der Waals surface area contributed by atoms with E-state index in [4.69, 9.17) is 9.47 Å². The lowest BCUT2D eigenvalue weighted by Gasteiger charge is -2.34. The normalized spacial score (nSPS) is 22.9. The highest BCUT2D eigenvalue weighted by Gasteiger charge is 2.33. The Kier molecular flexibility index (Phi) is 7.62. The van der Waals surface area contributed by atoms with Crippen molar-refractivity contribution in [3.05, 3.63) is 45.8 Å². The van der Waals surface area contributed by atoms with Crippen LogP contribution in [0.3, 0.4) is 0 Å². The van der Waals surface area contributed by atoms with Gasteiger partial charge in [-0.1, -0.05) is 0 Å². The number of amides is 1. The van der Waals surface area contributed by atoms with E-state index in [9.17, 15) is 18.0 Å². The minimum atomic E-state index is -3.70. The maximum atomic E-state index is 13.1. The van der Waals surface area contributed by atoms with Crippen LogP contribution in [0.5, 0.6) is 0 Å². The van der Waals surface area contributed by atoms with Crippen LogP contribution in [0, 0.1) is 0 Å². The third-order valence-corrected chi connectivity index (χ3v) is 9.48. The molecule has 0 spiro atoms. The van der Waals surface area contributed by atoms with E-state index >= 15 is 0 Å². The molecule has 0 aliphatic carbocycles. The molecular formula is C24H32N3O6S2+. The van der Waals surface area contributed by atoms with E-state index in [1.54, 1.807) is 0 Å². The molecule has 4 rings (SSSR count). The molecule has 9 nitrogen and oxygen atoms in total. The van der Waals surface area contributed by atoms with Crippen LogP contribution in [0.25, 0.3) is 0 Å². The van der Waals surface area contributed by atoms with Crippen LogP contribution < -0.4 is 10.2 Å². The fraction of sp³-hybridized carbons (Fsp3) is 0.500. The van der Waals surface area contributed by atoms with Crippen LogP contribution >= 0.6 is 11.3 Å². The van der Waals surface area contributed by atoms with E-state index in [-0.39, 0.29) is 30.2 Å². The second kappa shape index (κ2) is 10.4. The van der Waals surface area contributed by atoms with Gasteiger partial charge in [-0.05, 0) is 50.6 Å². The molecule has 2 aromatic rings. The molecule has 3 atom stereocenters. The number of morpholine rings is 1. The number of esters is 1. The quantitative estimate of drug-likeness (QED) is 0.558. The Balaban J connectivity index is 1.54. The molecule has 1 saturated heterocycles. The van der Waals surface area contributed by atoms with Crippen molar-refractivity contribution in [2.75, 3.05) is 38.6 Å². The summed E-state index contributed by atoms with van der Waals surface area (Å²) in [6.45, 7) is 9.11. The third-order valence-electron chi connectivity index (χ3n) is 6.49. The predicted molar refractivity (Wildman–Crippen MR) is 133 cm³/mol. The SMILES string of the molecule is CC[NH+]1CCc2c(sc(NC(=O)c3ccc(S(=O)(=O)N4CC(C)OC(C)C4)cc3)c2C(=O)OC)C1. The van der Waals surface area contributed by atoms with Crippen LogP contribution in [0.2, 0.25) is 0 Å². The summed E-state index contributed by atoms with van der Waals surface area (Å²) in [7, 11) is -2.37. The number of benzene rings is 1. The van der Waals surface area contributed by atoms with Crippen LogP contribution in [-0.4, -0.2) is 70.1 Å². The maximum absolute atomic E-state index is 13.1. The first kappa shape index (κ1) is 25.8. The van der Waals surface area contributed by atoms with Crippen molar-refractivity contribution in [2.45, 2.75) is 50.8 Å². The van der Waals surface area contributed by atoms with Gasteiger partial charge in [-0.15, -0.1) is 11.3 Å². The molecule has 11 heteroatoms. The van der Waals surface area contributed by atoms with Crippen molar-refractivity contribution >= 4 is 38.2 Å². The fourth-order valence-corrected chi connectivity index (χ4v) is 7.57. The Morgan fingerprint density at radius 3 is 2.46 bits per heavy atom. The van der Waals surface area contributed by atoms with Gasteiger partial charge in [0.2, 0.25) is 10.0 Å².